The molecule has 1 aliphatic heterocycles. The van der Waals surface area contributed by atoms with Crippen LogP contribution in [0.25, 0.3) is 23.0 Å². The Balaban J connectivity index is 1.50. The number of amides is 1. The van der Waals surface area contributed by atoms with Gasteiger partial charge in [-0.3, -0.25) is 4.79 Å². The fourth-order valence-electron chi connectivity index (χ4n) is 3.51. The number of amidine groups is 1. The smallest absolute Gasteiger partial charge is 0.286 e. The Labute approximate surface area is 205 Å². The molecule has 4 aromatic rings. The van der Waals surface area contributed by atoms with Gasteiger partial charge < -0.3 is 10.0 Å². The van der Waals surface area contributed by atoms with Crippen molar-refractivity contribution in [1.29, 1.82) is 0 Å². The molecule has 6 nitrogen and oxygen atoms in total. The maximum absolute atomic E-state index is 12.8. The monoisotopic (exact) mass is 486 g/mol. The molecule has 0 saturated carbocycles. The first kappa shape index (κ1) is 22.0. The number of nitrogens with zero attached hydrogens (tertiary/aromatic N) is 4. The highest BCUT2D eigenvalue weighted by Gasteiger charge is 2.26. The van der Waals surface area contributed by atoms with Crippen LogP contribution >= 0.6 is 23.4 Å². The van der Waals surface area contributed by atoms with E-state index < -0.39 is 0 Å². The molecule has 0 aliphatic carbocycles. The molecule has 0 unspecified atom stereocenters. The summed E-state index contributed by atoms with van der Waals surface area (Å²) in [6.45, 7) is 0. The van der Waals surface area contributed by atoms with Gasteiger partial charge in [0.15, 0.2) is 5.17 Å². The third-order valence-corrected chi connectivity index (χ3v) is 6.61. The van der Waals surface area contributed by atoms with E-state index in [1.165, 1.54) is 11.8 Å². The van der Waals surface area contributed by atoms with E-state index in [2.05, 4.69) is 4.99 Å². The van der Waals surface area contributed by atoms with Crippen LogP contribution in [0.15, 0.2) is 95.0 Å². The van der Waals surface area contributed by atoms with E-state index in [9.17, 15) is 9.90 Å². The number of anilines is 1. The predicted molar refractivity (Wildman–Crippen MR) is 139 cm³/mol. The Hall–Kier alpha value is -3.81. The van der Waals surface area contributed by atoms with Crippen LogP contribution in [0, 0.1) is 0 Å². The predicted octanol–water partition coefficient (Wildman–Crippen LogP) is 6.01. The number of rotatable bonds is 4. The topological polar surface area (TPSA) is 70.7 Å². The second-order valence-corrected chi connectivity index (χ2v) is 9.05. The maximum atomic E-state index is 12.8. The SMILES string of the molecule is CN(C1=NC(=O)C(=Cc2cn(-c3ccccc3)nc2-c2ccc(Cl)cc2)S1)c1ccc(O)cc1. The molecule has 0 saturated heterocycles. The Morgan fingerprint density at radius 1 is 1.00 bits per heavy atom. The third kappa shape index (κ3) is 4.48. The van der Waals surface area contributed by atoms with Crippen molar-refractivity contribution in [2.24, 2.45) is 4.99 Å². The average molecular weight is 487 g/mol. The van der Waals surface area contributed by atoms with Crippen molar-refractivity contribution in [2.45, 2.75) is 0 Å². The van der Waals surface area contributed by atoms with Gasteiger partial charge in [0.25, 0.3) is 5.91 Å². The zero-order valence-corrected chi connectivity index (χ0v) is 19.7. The zero-order chi connectivity index (χ0) is 23.7. The lowest BCUT2D eigenvalue weighted by atomic mass is 10.1. The molecular formula is C26H19ClN4O2S. The number of hydrogen-bond acceptors (Lipinski definition) is 5. The van der Waals surface area contributed by atoms with Gasteiger partial charge in [-0.15, -0.1) is 0 Å². The number of carbonyl (C=O) groups is 1. The van der Waals surface area contributed by atoms with Crippen molar-refractivity contribution < 1.29 is 9.90 Å². The number of aliphatic imine (C=N–C) groups is 1. The van der Waals surface area contributed by atoms with Crippen LogP contribution in [0.5, 0.6) is 5.75 Å². The van der Waals surface area contributed by atoms with Gasteiger partial charge in [-0.2, -0.15) is 10.1 Å². The van der Waals surface area contributed by atoms with Crippen LogP contribution in [0.4, 0.5) is 5.69 Å². The van der Waals surface area contributed by atoms with E-state index in [1.807, 2.05) is 78.8 Å². The lowest BCUT2D eigenvalue weighted by Gasteiger charge is -2.17. The van der Waals surface area contributed by atoms with Gasteiger partial charge in [-0.05, 0) is 66.4 Å². The molecule has 0 spiro atoms. The van der Waals surface area contributed by atoms with E-state index in [-0.39, 0.29) is 11.7 Å². The Morgan fingerprint density at radius 2 is 1.71 bits per heavy atom. The highest BCUT2D eigenvalue weighted by atomic mass is 35.5. The van der Waals surface area contributed by atoms with Crippen molar-refractivity contribution in [3.8, 4) is 22.7 Å². The molecule has 2 heterocycles. The van der Waals surface area contributed by atoms with E-state index in [0.29, 0.717) is 15.1 Å². The second-order valence-electron chi connectivity index (χ2n) is 7.61. The van der Waals surface area contributed by atoms with E-state index in [4.69, 9.17) is 16.7 Å². The summed E-state index contributed by atoms with van der Waals surface area (Å²) in [6.07, 6.45) is 3.73. The van der Waals surface area contributed by atoms with E-state index in [0.717, 1.165) is 28.2 Å². The lowest BCUT2D eigenvalue weighted by molar-refractivity contribution is -0.113. The van der Waals surface area contributed by atoms with Gasteiger partial charge in [0.1, 0.15) is 5.75 Å². The number of carbonyl (C=O) groups excluding carboxylic acids is 1. The summed E-state index contributed by atoms with van der Waals surface area (Å²) < 4.78 is 1.80. The van der Waals surface area contributed by atoms with Crippen LogP contribution in [-0.2, 0) is 4.79 Å². The fourth-order valence-corrected chi connectivity index (χ4v) is 4.52. The van der Waals surface area contributed by atoms with Crippen LogP contribution in [0.3, 0.4) is 0 Å². The van der Waals surface area contributed by atoms with Crippen LogP contribution in [-0.4, -0.2) is 33.0 Å². The van der Waals surface area contributed by atoms with Gasteiger partial charge in [0, 0.05) is 35.1 Å². The van der Waals surface area contributed by atoms with E-state index >= 15 is 0 Å². The molecule has 1 amide bonds. The van der Waals surface area contributed by atoms with Gasteiger partial charge in [0.05, 0.1) is 16.3 Å². The van der Waals surface area contributed by atoms with Gasteiger partial charge in [-0.25, -0.2) is 4.68 Å². The molecule has 1 aliphatic rings. The number of phenols is 1. The summed E-state index contributed by atoms with van der Waals surface area (Å²) in [7, 11) is 1.83. The first-order valence-corrected chi connectivity index (χ1v) is 11.6. The summed E-state index contributed by atoms with van der Waals surface area (Å²) in [5.74, 6) is -0.125. The standard InChI is InChI=1S/C26H19ClN4O2S/c1-30(20-11-13-22(32)14-12-20)26-28-25(33)23(34-26)15-18-16-31(21-5-3-2-4-6-21)29-24(18)17-7-9-19(27)10-8-17/h2-16,32H,1H3. The van der Waals surface area contributed by atoms with Crippen LogP contribution in [0.1, 0.15) is 5.56 Å². The summed E-state index contributed by atoms with van der Waals surface area (Å²) in [6, 6.07) is 24.0. The highest BCUT2D eigenvalue weighted by Crippen LogP contribution is 2.34. The number of para-hydroxylation sites is 1. The number of thioether (sulfide) groups is 1. The molecule has 1 N–H and O–H groups in total. The second kappa shape index (κ2) is 9.21. The molecule has 0 atom stereocenters. The van der Waals surface area contributed by atoms with Crippen LogP contribution < -0.4 is 4.90 Å². The quantitative estimate of drug-likeness (QED) is 0.358. The number of benzene rings is 3. The van der Waals surface area contributed by atoms with Crippen molar-refractivity contribution in [3.05, 3.63) is 101 Å². The normalized spacial score (nSPS) is 14.5. The zero-order valence-electron chi connectivity index (χ0n) is 18.1. The van der Waals surface area contributed by atoms with Crippen molar-refractivity contribution in [3.63, 3.8) is 0 Å². The fraction of sp³-hybridized carbons (Fsp3) is 0.0385. The molecule has 3 aromatic carbocycles. The molecule has 1 aromatic heterocycles. The number of hydrogen-bond donors (Lipinski definition) is 1. The number of halogens is 1. The summed E-state index contributed by atoms with van der Waals surface area (Å²) in [5.41, 5.74) is 4.16. The number of aromatic nitrogens is 2. The summed E-state index contributed by atoms with van der Waals surface area (Å²) in [4.78, 5) is 19.3. The molecule has 168 valence electrons. The molecule has 34 heavy (non-hydrogen) atoms. The molecule has 0 bridgehead atoms. The molecule has 0 radical (unpaired) electrons. The highest BCUT2D eigenvalue weighted by molar-refractivity contribution is 8.18. The minimum atomic E-state index is -0.305. The van der Waals surface area contributed by atoms with Crippen molar-refractivity contribution in [1.82, 2.24) is 9.78 Å². The largest absolute Gasteiger partial charge is 0.508 e. The molecule has 0 fully saturated rings. The number of aromatic hydroxyl groups is 1. The summed E-state index contributed by atoms with van der Waals surface area (Å²) >= 11 is 7.38. The van der Waals surface area contributed by atoms with Crippen molar-refractivity contribution in [2.75, 3.05) is 11.9 Å². The van der Waals surface area contributed by atoms with Gasteiger partial charge in [-0.1, -0.05) is 41.9 Å². The van der Waals surface area contributed by atoms with Crippen molar-refractivity contribution >= 4 is 46.2 Å². The Kier molecular flexibility index (Phi) is 5.96. The van der Waals surface area contributed by atoms with Gasteiger partial charge in [0.2, 0.25) is 0 Å². The lowest BCUT2D eigenvalue weighted by Crippen LogP contribution is -2.21. The molecular weight excluding hydrogens is 468 g/mol. The average Bonchev–Trinajstić information content (AvgIpc) is 3.44. The first-order chi connectivity index (χ1) is 16.5. The molecule has 8 heteroatoms. The van der Waals surface area contributed by atoms with Crippen LogP contribution in [0.2, 0.25) is 5.02 Å². The Bertz CT molecular complexity index is 1410. The van der Waals surface area contributed by atoms with Gasteiger partial charge >= 0.3 is 0 Å². The third-order valence-electron chi connectivity index (χ3n) is 5.30. The number of phenolic OH excluding ortho intramolecular Hbond substituents is 1. The minimum Gasteiger partial charge on any atom is -0.508 e. The molecule has 5 rings (SSSR count). The maximum Gasteiger partial charge on any atom is 0.286 e. The Morgan fingerprint density at radius 3 is 2.41 bits per heavy atom. The minimum absolute atomic E-state index is 0.181. The first-order valence-electron chi connectivity index (χ1n) is 10.4. The van der Waals surface area contributed by atoms with E-state index in [1.54, 1.807) is 28.9 Å². The summed E-state index contributed by atoms with van der Waals surface area (Å²) in [5, 5.41) is 15.5.